The molecule has 0 N–H and O–H groups in total. The van der Waals surface area contributed by atoms with Gasteiger partial charge in [-0.15, -0.1) is 0 Å². The predicted molar refractivity (Wildman–Crippen MR) is 85.1 cm³/mol. The summed E-state index contributed by atoms with van der Waals surface area (Å²) in [6, 6.07) is 4.85. The number of fused-ring (bicyclic) bond motifs is 2. The van der Waals surface area contributed by atoms with Gasteiger partial charge in [0.25, 0.3) is 0 Å². The molecule has 1 aliphatic rings. The highest BCUT2D eigenvalue weighted by Gasteiger charge is 2.21. The van der Waals surface area contributed by atoms with Crippen LogP contribution in [0.25, 0.3) is 11.0 Å². The Bertz CT molecular complexity index is 1060. The first-order valence-electron chi connectivity index (χ1n) is 7.98. The van der Waals surface area contributed by atoms with Crippen molar-refractivity contribution in [2.24, 2.45) is 0 Å². The van der Waals surface area contributed by atoms with E-state index in [1.807, 2.05) is 6.07 Å². The lowest BCUT2D eigenvalue weighted by molar-refractivity contribution is 0.262. The summed E-state index contributed by atoms with van der Waals surface area (Å²) < 4.78 is 64.2. The molecule has 3 aromatic rings. The quantitative estimate of drug-likeness (QED) is 0.392. The number of hydrogen-bond acceptors (Lipinski definition) is 3. The Balaban J connectivity index is 1.76. The van der Waals surface area contributed by atoms with Gasteiger partial charge in [0.1, 0.15) is 12.2 Å². The molecule has 0 saturated heterocycles. The molecule has 0 radical (unpaired) electrons. The van der Waals surface area contributed by atoms with Gasteiger partial charge in [-0.1, -0.05) is 0 Å². The lowest BCUT2D eigenvalue weighted by Crippen LogP contribution is -2.07. The van der Waals surface area contributed by atoms with Gasteiger partial charge < -0.3 is 9.15 Å². The first-order chi connectivity index (χ1) is 12.4. The van der Waals surface area contributed by atoms with Crippen molar-refractivity contribution in [1.29, 1.82) is 0 Å². The Morgan fingerprint density at radius 1 is 0.923 bits per heavy atom. The third-order valence-electron chi connectivity index (χ3n) is 4.49. The third-order valence-corrected chi connectivity index (χ3v) is 4.49. The fourth-order valence-electron chi connectivity index (χ4n) is 3.24. The molecule has 26 heavy (non-hydrogen) atoms. The van der Waals surface area contributed by atoms with Gasteiger partial charge in [-0.25, -0.2) is 13.6 Å². The normalized spacial score (nSPS) is 13.2. The molecule has 1 heterocycles. The number of aryl methyl sites for hydroxylation is 2. The van der Waals surface area contributed by atoms with E-state index < -0.39 is 41.3 Å². The molecule has 0 aliphatic heterocycles. The molecule has 1 aromatic heterocycles. The lowest BCUT2D eigenvalue weighted by Gasteiger charge is -2.11. The second kappa shape index (κ2) is 6.16. The zero-order valence-electron chi connectivity index (χ0n) is 13.4. The van der Waals surface area contributed by atoms with Crippen molar-refractivity contribution >= 4 is 11.0 Å². The van der Waals surface area contributed by atoms with Crippen LogP contribution >= 0.6 is 0 Å². The Labute approximate surface area is 144 Å². The number of ether oxygens (including phenoxy) is 1. The van der Waals surface area contributed by atoms with Crippen molar-refractivity contribution < 1.29 is 26.7 Å². The summed E-state index contributed by atoms with van der Waals surface area (Å²) in [4.78, 5) is 11.8. The van der Waals surface area contributed by atoms with Crippen LogP contribution in [0.5, 0.6) is 5.75 Å². The first-order valence-corrected chi connectivity index (χ1v) is 7.98. The second-order valence-electron chi connectivity index (χ2n) is 6.15. The fourth-order valence-corrected chi connectivity index (χ4v) is 3.24. The van der Waals surface area contributed by atoms with E-state index >= 15 is 0 Å². The van der Waals surface area contributed by atoms with Crippen LogP contribution in [0, 0.1) is 23.3 Å². The van der Waals surface area contributed by atoms with E-state index in [1.54, 1.807) is 6.07 Å². The molecule has 0 fully saturated rings. The van der Waals surface area contributed by atoms with E-state index in [4.69, 9.17) is 9.15 Å². The minimum atomic E-state index is -1.63. The van der Waals surface area contributed by atoms with E-state index in [-0.39, 0.29) is 6.07 Å². The predicted octanol–water partition coefficient (Wildman–Crippen LogP) is 4.42. The van der Waals surface area contributed by atoms with Crippen LogP contribution in [-0.2, 0) is 19.4 Å². The fraction of sp³-hybridized carbons (Fsp3) is 0.211. The van der Waals surface area contributed by atoms with Crippen molar-refractivity contribution in [2.45, 2.75) is 25.9 Å². The molecule has 0 amide bonds. The Hall–Kier alpha value is -2.83. The number of halogens is 4. The summed E-state index contributed by atoms with van der Waals surface area (Å²) in [6.45, 7) is -0.447. The van der Waals surface area contributed by atoms with Crippen LogP contribution in [-0.4, -0.2) is 0 Å². The zero-order valence-corrected chi connectivity index (χ0v) is 13.4. The average molecular weight is 364 g/mol. The van der Waals surface area contributed by atoms with Crippen molar-refractivity contribution in [1.82, 2.24) is 0 Å². The lowest BCUT2D eigenvalue weighted by atomic mass is 10.0. The minimum absolute atomic E-state index is 0.105. The number of hydrogen-bond donors (Lipinski definition) is 0. The summed E-state index contributed by atoms with van der Waals surface area (Å²) in [5.41, 5.74) is 2.18. The van der Waals surface area contributed by atoms with Gasteiger partial charge in [0.15, 0.2) is 17.4 Å². The molecule has 1 aliphatic carbocycles. The summed E-state index contributed by atoms with van der Waals surface area (Å²) in [5, 5.41) is 0.558. The average Bonchev–Trinajstić information content (AvgIpc) is 3.05. The van der Waals surface area contributed by atoms with E-state index in [1.165, 1.54) is 0 Å². The first kappa shape index (κ1) is 16.6. The summed E-state index contributed by atoms with van der Waals surface area (Å²) in [6.07, 6.45) is 2.75. The Kier molecular flexibility index (Phi) is 3.94. The molecule has 0 saturated carbocycles. The van der Waals surface area contributed by atoms with Gasteiger partial charge >= 0.3 is 5.63 Å². The smallest absolute Gasteiger partial charge is 0.336 e. The van der Waals surface area contributed by atoms with Crippen molar-refractivity contribution in [3.8, 4) is 5.75 Å². The topological polar surface area (TPSA) is 39.4 Å². The molecular weight excluding hydrogens is 352 g/mol. The standard InChI is InChI=1S/C19H12F4O3/c20-13-7-14(21)18(23)19(17(13)22)25-8-11-6-16(24)26-15-5-10-3-1-2-9(10)4-12(11)15/h4-7H,1-3,8H2. The van der Waals surface area contributed by atoms with Crippen molar-refractivity contribution in [3.63, 3.8) is 0 Å². The molecule has 0 atom stereocenters. The van der Waals surface area contributed by atoms with Crippen LogP contribution in [0.1, 0.15) is 23.1 Å². The van der Waals surface area contributed by atoms with Gasteiger partial charge in [0, 0.05) is 23.1 Å². The van der Waals surface area contributed by atoms with Crippen LogP contribution in [0.4, 0.5) is 17.6 Å². The highest BCUT2D eigenvalue weighted by molar-refractivity contribution is 5.82. The van der Waals surface area contributed by atoms with Gasteiger partial charge in [-0.05, 0) is 42.5 Å². The highest BCUT2D eigenvalue weighted by atomic mass is 19.2. The van der Waals surface area contributed by atoms with Gasteiger partial charge in [-0.2, -0.15) is 8.78 Å². The van der Waals surface area contributed by atoms with Gasteiger partial charge in [0.2, 0.25) is 11.6 Å². The summed E-state index contributed by atoms with van der Waals surface area (Å²) in [5.74, 6) is -7.54. The van der Waals surface area contributed by atoms with Crippen molar-refractivity contribution in [2.75, 3.05) is 0 Å². The molecule has 4 rings (SSSR count). The molecule has 0 bridgehead atoms. The Morgan fingerprint density at radius 2 is 1.58 bits per heavy atom. The third kappa shape index (κ3) is 2.73. The maximum absolute atomic E-state index is 13.7. The number of benzene rings is 2. The van der Waals surface area contributed by atoms with E-state index in [0.717, 1.165) is 36.5 Å². The Morgan fingerprint density at radius 3 is 2.27 bits per heavy atom. The van der Waals surface area contributed by atoms with Crippen molar-refractivity contribution in [3.05, 3.63) is 74.6 Å². The van der Waals surface area contributed by atoms with Crippen LogP contribution in [0.3, 0.4) is 0 Å². The van der Waals surface area contributed by atoms with Gasteiger partial charge in [0.05, 0.1) is 0 Å². The van der Waals surface area contributed by atoms with E-state index in [2.05, 4.69) is 0 Å². The molecule has 3 nitrogen and oxygen atoms in total. The largest absolute Gasteiger partial charge is 0.483 e. The molecule has 2 aromatic carbocycles. The summed E-state index contributed by atoms with van der Waals surface area (Å²) >= 11 is 0. The maximum atomic E-state index is 13.7. The van der Waals surface area contributed by atoms with Crippen LogP contribution in [0.15, 0.2) is 33.5 Å². The SMILES string of the molecule is O=c1cc(COc2c(F)c(F)cc(F)c2F)c2cc3c(cc2o1)CCC3. The molecular formula is C19H12F4O3. The molecule has 134 valence electrons. The zero-order chi connectivity index (χ0) is 18.4. The molecule has 0 spiro atoms. The second-order valence-corrected chi connectivity index (χ2v) is 6.15. The summed E-state index contributed by atoms with van der Waals surface area (Å²) in [7, 11) is 0. The monoisotopic (exact) mass is 364 g/mol. The van der Waals surface area contributed by atoms with Gasteiger partial charge in [-0.3, -0.25) is 0 Å². The highest BCUT2D eigenvalue weighted by Crippen LogP contribution is 2.30. The molecule has 0 unspecified atom stereocenters. The van der Waals surface area contributed by atoms with Crippen LogP contribution in [0.2, 0.25) is 0 Å². The van der Waals surface area contributed by atoms with E-state index in [9.17, 15) is 22.4 Å². The van der Waals surface area contributed by atoms with Crippen LogP contribution < -0.4 is 10.4 Å². The maximum Gasteiger partial charge on any atom is 0.336 e. The number of rotatable bonds is 3. The molecule has 7 heteroatoms. The van der Waals surface area contributed by atoms with E-state index in [0.29, 0.717) is 16.5 Å². The minimum Gasteiger partial charge on any atom is -0.483 e.